The maximum atomic E-state index is 12.1. The van der Waals surface area contributed by atoms with Gasteiger partial charge in [-0.25, -0.2) is 0 Å². The number of pyridine rings is 2. The van der Waals surface area contributed by atoms with Crippen LogP contribution in [0.5, 0.6) is 0 Å². The first kappa shape index (κ1) is 20.0. The average molecular weight is 402 g/mol. The molecule has 154 valence electrons. The van der Waals surface area contributed by atoms with E-state index in [4.69, 9.17) is 0 Å². The normalized spacial score (nSPS) is 14.2. The fraction of sp³-hybridized carbons (Fsp3) is 0.292. The van der Waals surface area contributed by atoms with E-state index in [9.17, 15) is 9.59 Å². The average Bonchev–Trinajstić information content (AvgIpc) is 2.76. The number of aryl methyl sites for hydroxylation is 1. The highest BCUT2D eigenvalue weighted by Crippen LogP contribution is 2.23. The van der Waals surface area contributed by atoms with E-state index < -0.39 is 0 Å². The number of carbonyl (C=O) groups is 1. The fourth-order valence-electron chi connectivity index (χ4n) is 3.90. The molecule has 6 heteroatoms. The number of amides is 1. The zero-order chi connectivity index (χ0) is 21.1. The molecule has 0 aliphatic carbocycles. The van der Waals surface area contributed by atoms with E-state index in [1.54, 1.807) is 13.1 Å². The summed E-state index contributed by atoms with van der Waals surface area (Å²) in [5.41, 5.74) is 7.13. The lowest BCUT2D eigenvalue weighted by Gasteiger charge is -2.29. The number of aromatic amines is 1. The van der Waals surface area contributed by atoms with E-state index >= 15 is 0 Å². The number of nitrogens with zero attached hydrogens (tertiary/aromatic N) is 2. The van der Waals surface area contributed by atoms with Gasteiger partial charge in [-0.1, -0.05) is 25.1 Å². The van der Waals surface area contributed by atoms with Crippen LogP contribution in [0.1, 0.15) is 34.7 Å². The van der Waals surface area contributed by atoms with Crippen molar-refractivity contribution in [2.45, 2.75) is 32.9 Å². The molecule has 0 atom stereocenters. The molecule has 2 N–H and O–H groups in total. The molecule has 2 aromatic heterocycles. The van der Waals surface area contributed by atoms with Gasteiger partial charge in [0.05, 0.1) is 11.0 Å². The van der Waals surface area contributed by atoms with Crippen LogP contribution in [0.3, 0.4) is 0 Å². The van der Waals surface area contributed by atoms with Gasteiger partial charge < -0.3 is 10.3 Å². The van der Waals surface area contributed by atoms with Crippen LogP contribution in [0.2, 0.25) is 0 Å². The molecule has 0 bridgehead atoms. The number of likely N-dealkylation sites (N-methyl/N-ethyl adjacent to an activating group) is 1. The van der Waals surface area contributed by atoms with Gasteiger partial charge in [-0.05, 0) is 53.3 Å². The summed E-state index contributed by atoms with van der Waals surface area (Å²) in [4.78, 5) is 33.4. The van der Waals surface area contributed by atoms with Gasteiger partial charge in [-0.3, -0.25) is 19.5 Å². The molecule has 0 spiro atoms. The van der Waals surface area contributed by atoms with Gasteiger partial charge in [0.2, 0.25) is 5.91 Å². The predicted molar refractivity (Wildman–Crippen MR) is 119 cm³/mol. The number of rotatable bonds is 5. The van der Waals surface area contributed by atoms with Gasteiger partial charge in [0, 0.05) is 44.5 Å². The topological polar surface area (TPSA) is 78.1 Å². The Morgan fingerprint density at radius 3 is 2.93 bits per heavy atom. The maximum Gasteiger partial charge on any atom is 0.251 e. The summed E-state index contributed by atoms with van der Waals surface area (Å²) in [6, 6.07) is 10.3. The number of fused-ring (bicyclic) bond motifs is 2. The Bertz CT molecular complexity index is 1180. The monoisotopic (exact) mass is 402 g/mol. The Kier molecular flexibility index (Phi) is 5.77. The molecular formula is C24H26N4O2. The maximum absolute atomic E-state index is 12.1. The van der Waals surface area contributed by atoms with Crippen LogP contribution in [0.15, 0.2) is 47.4 Å². The number of hydrogen-bond acceptors (Lipinski definition) is 4. The minimum absolute atomic E-state index is 0.0304. The van der Waals surface area contributed by atoms with Gasteiger partial charge in [0.15, 0.2) is 0 Å². The van der Waals surface area contributed by atoms with Crippen LogP contribution < -0.4 is 10.9 Å². The number of H-pyrrole nitrogens is 1. The Morgan fingerprint density at radius 2 is 2.13 bits per heavy atom. The number of benzene rings is 1. The highest BCUT2D eigenvalue weighted by molar-refractivity contribution is 5.91. The van der Waals surface area contributed by atoms with Crippen molar-refractivity contribution in [3.05, 3.63) is 80.8 Å². The standard InChI is InChI=1S/C24H26N4O2/c1-3-18-12-21-22(27-24(18)30)11-17(13-26-21)14-28-9-8-19-10-16(4-6-20(19)15-28)5-7-23(29)25-2/h4-7,10-13H,3,8-9,14-15H2,1-2H3,(H,25,29)(H,27,30)/b7-5+. The number of hydrogen-bond donors (Lipinski definition) is 2. The second-order valence-electron chi connectivity index (χ2n) is 7.69. The van der Waals surface area contributed by atoms with Crippen molar-refractivity contribution in [3.8, 4) is 0 Å². The van der Waals surface area contributed by atoms with Crippen molar-refractivity contribution in [3.63, 3.8) is 0 Å². The van der Waals surface area contributed by atoms with E-state index in [2.05, 4.69) is 38.4 Å². The smallest absolute Gasteiger partial charge is 0.251 e. The molecule has 0 fully saturated rings. The summed E-state index contributed by atoms with van der Waals surface area (Å²) in [7, 11) is 1.62. The third-order valence-electron chi connectivity index (χ3n) is 5.61. The lowest BCUT2D eigenvalue weighted by molar-refractivity contribution is -0.115. The van der Waals surface area contributed by atoms with Crippen molar-refractivity contribution < 1.29 is 4.79 Å². The van der Waals surface area contributed by atoms with Gasteiger partial charge >= 0.3 is 0 Å². The SMILES string of the molecule is CCc1cc2ncc(CN3CCc4cc(/C=C/C(=O)NC)ccc4C3)cc2[nH]c1=O. The molecule has 0 saturated heterocycles. The Balaban J connectivity index is 1.48. The number of nitrogens with one attached hydrogen (secondary N) is 2. The van der Waals surface area contributed by atoms with Gasteiger partial charge in [0.1, 0.15) is 0 Å². The van der Waals surface area contributed by atoms with E-state index in [0.717, 1.165) is 53.8 Å². The summed E-state index contributed by atoms with van der Waals surface area (Å²) in [6.07, 6.45) is 6.97. The van der Waals surface area contributed by atoms with Crippen LogP contribution in [-0.4, -0.2) is 34.4 Å². The van der Waals surface area contributed by atoms with E-state index in [0.29, 0.717) is 6.42 Å². The van der Waals surface area contributed by atoms with Crippen molar-refractivity contribution >= 4 is 23.0 Å². The summed E-state index contributed by atoms with van der Waals surface area (Å²) in [6.45, 7) is 4.59. The Morgan fingerprint density at radius 1 is 1.27 bits per heavy atom. The lowest BCUT2D eigenvalue weighted by Crippen LogP contribution is -2.30. The zero-order valence-corrected chi connectivity index (χ0v) is 17.4. The second-order valence-corrected chi connectivity index (χ2v) is 7.69. The highest BCUT2D eigenvalue weighted by Gasteiger charge is 2.17. The molecule has 0 radical (unpaired) electrons. The molecule has 1 aromatic carbocycles. The molecule has 0 unspecified atom stereocenters. The minimum Gasteiger partial charge on any atom is -0.356 e. The van der Waals surface area contributed by atoms with E-state index in [1.165, 1.54) is 11.1 Å². The largest absolute Gasteiger partial charge is 0.356 e. The second kappa shape index (κ2) is 8.63. The molecule has 30 heavy (non-hydrogen) atoms. The molecule has 1 aliphatic heterocycles. The van der Waals surface area contributed by atoms with Crippen LogP contribution in [-0.2, 0) is 30.7 Å². The highest BCUT2D eigenvalue weighted by atomic mass is 16.1. The molecule has 6 nitrogen and oxygen atoms in total. The van der Waals surface area contributed by atoms with Crippen molar-refractivity contribution in [2.75, 3.05) is 13.6 Å². The van der Waals surface area contributed by atoms with Crippen LogP contribution in [0.25, 0.3) is 17.1 Å². The first-order chi connectivity index (χ1) is 14.6. The van der Waals surface area contributed by atoms with Crippen LogP contribution in [0.4, 0.5) is 0 Å². The number of aromatic nitrogens is 2. The Hall–Kier alpha value is -3.25. The van der Waals surface area contributed by atoms with Crippen molar-refractivity contribution in [2.24, 2.45) is 0 Å². The Labute approximate surface area is 175 Å². The van der Waals surface area contributed by atoms with Crippen molar-refractivity contribution in [1.82, 2.24) is 20.2 Å². The fourth-order valence-corrected chi connectivity index (χ4v) is 3.90. The van der Waals surface area contributed by atoms with Gasteiger partial charge in [0.25, 0.3) is 5.56 Å². The first-order valence-corrected chi connectivity index (χ1v) is 10.3. The molecule has 0 saturated carbocycles. The molecule has 1 aliphatic rings. The summed E-state index contributed by atoms with van der Waals surface area (Å²) in [5.74, 6) is -0.102. The summed E-state index contributed by atoms with van der Waals surface area (Å²) < 4.78 is 0. The summed E-state index contributed by atoms with van der Waals surface area (Å²) >= 11 is 0. The third kappa shape index (κ3) is 4.33. The molecule has 1 amide bonds. The lowest BCUT2D eigenvalue weighted by atomic mass is 9.97. The first-order valence-electron chi connectivity index (χ1n) is 10.3. The zero-order valence-electron chi connectivity index (χ0n) is 17.4. The summed E-state index contributed by atoms with van der Waals surface area (Å²) in [5, 5.41) is 2.59. The number of carbonyl (C=O) groups excluding carboxylic acids is 1. The quantitative estimate of drug-likeness (QED) is 0.644. The van der Waals surface area contributed by atoms with E-state index in [1.807, 2.05) is 31.3 Å². The van der Waals surface area contributed by atoms with E-state index in [-0.39, 0.29) is 11.5 Å². The van der Waals surface area contributed by atoms with Gasteiger partial charge in [-0.15, -0.1) is 0 Å². The third-order valence-corrected chi connectivity index (χ3v) is 5.61. The van der Waals surface area contributed by atoms with Gasteiger partial charge in [-0.2, -0.15) is 0 Å². The molecule has 4 rings (SSSR count). The minimum atomic E-state index is -0.102. The molecule has 3 aromatic rings. The van der Waals surface area contributed by atoms with Crippen LogP contribution >= 0.6 is 0 Å². The predicted octanol–water partition coefficient (Wildman–Crippen LogP) is 2.80. The molecular weight excluding hydrogens is 376 g/mol. The molecule has 3 heterocycles. The van der Waals surface area contributed by atoms with Crippen molar-refractivity contribution in [1.29, 1.82) is 0 Å². The van der Waals surface area contributed by atoms with Crippen LogP contribution in [0, 0.1) is 0 Å².